The summed E-state index contributed by atoms with van der Waals surface area (Å²) in [6, 6.07) is 0. The van der Waals surface area contributed by atoms with Crippen LogP contribution in [-0.2, 0) is 18.4 Å². The lowest BCUT2D eigenvalue weighted by molar-refractivity contribution is -0.120. The van der Waals surface area contributed by atoms with E-state index in [1.165, 1.54) is 0 Å². The van der Waals surface area contributed by atoms with Crippen molar-refractivity contribution in [3.8, 4) is 0 Å². The average Bonchev–Trinajstić information content (AvgIpc) is 2.59. The standard InChI is InChI=1S/C9H14BrN3O/c1-3-7(10)9(14)12-6-8-11-4-5-13(8)2/h4-5,7H,3,6H2,1-2H3,(H,12,14). The third kappa shape index (κ3) is 2.83. The third-order valence-corrected chi connectivity index (χ3v) is 3.05. The van der Waals surface area contributed by atoms with Gasteiger partial charge in [0.2, 0.25) is 5.91 Å². The fourth-order valence-corrected chi connectivity index (χ4v) is 1.19. The van der Waals surface area contributed by atoms with Crippen molar-refractivity contribution in [3.05, 3.63) is 18.2 Å². The number of amides is 1. The number of alkyl halides is 1. The quantitative estimate of drug-likeness (QED) is 0.827. The summed E-state index contributed by atoms with van der Waals surface area (Å²) in [7, 11) is 1.90. The topological polar surface area (TPSA) is 46.9 Å². The molecule has 0 aliphatic carbocycles. The smallest absolute Gasteiger partial charge is 0.234 e. The lowest BCUT2D eigenvalue weighted by Crippen LogP contribution is -2.31. The van der Waals surface area contributed by atoms with Gasteiger partial charge in [0.25, 0.3) is 0 Å². The summed E-state index contributed by atoms with van der Waals surface area (Å²) in [6.07, 6.45) is 4.35. The first kappa shape index (κ1) is 11.2. The highest BCUT2D eigenvalue weighted by Crippen LogP contribution is 2.04. The summed E-state index contributed by atoms with van der Waals surface area (Å²) in [6.45, 7) is 2.43. The molecule has 1 aromatic rings. The molecule has 0 aliphatic rings. The maximum absolute atomic E-state index is 11.4. The summed E-state index contributed by atoms with van der Waals surface area (Å²) < 4.78 is 1.88. The first-order valence-corrected chi connectivity index (χ1v) is 5.44. The van der Waals surface area contributed by atoms with Gasteiger partial charge in [0.15, 0.2) is 0 Å². The molecule has 0 spiro atoms. The molecule has 0 radical (unpaired) electrons. The Balaban J connectivity index is 2.41. The van der Waals surface area contributed by atoms with Gasteiger partial charge in [0, 0.05) is 19.4 Å². The highest BCUT2D eigenvalue weighted by Gasteiger charge is 2.11. The van der Waals surface area contributed by atoms with Crippen LogP contribution in [0.3, 0.4) is 0 Å². The maximum atomic E-state index is 11.4. The Labute approximate surface area is 91.8 Å². The number of nitrogens with zero attached hydrogens (tertiary/aromatic N) is 2. The molecule has 4 nitrogen and oxygen atoms in total. The van der Waals surface area contributed by atoms with E-state index in [-0.39, 0.29) is 10.7 Å². The molecule has 1 heterocycles. The van der Waals surface area contributed by atoms with E-state index in [4.69, 9.17) is 0 Å². The SMILES string of the molecule is CCC(Br)C(=O)NCc1nccn1C. The molecule has 0 bridgehead atoms. The number of nitrogens with one attached hydrogen (secondary N) is 1. The predicted octanol–water partition coefficient (Wildman–Crippen LogP) is 1.21. The molecule has 1 atom stereocenters. The zero-order chi connectivity index (χ0) is 10.6. The zero-order valence-electron chi connectivity index (χ0n) is 8.33. The summed E-state index contributed by atoms with van der Waals surface area (Å²) in [4.78, 5) is 15.4. The molecule has 78 valence electrons. The van der Waals surface area contributed by atoms with Gasteiger partial charge in [0.1, 0.15) is 5.82 Å². The Morgan fingerprint density at radius 3 is 3.00 bits per heavy atom. The number of halogens is 1. The van der Waals surface area contributed by atoms with Gasteiger partial charge in [-0.05, 0) is 6.42 Å². The van der Waals surface area contributed by atoms with Crippen LogP contribution in [0.25, 0.3) is 0 Å². The van der Waals surface area contributed by atoms with E-state index in [1.807, 2.05) is 24.7 Å². The lowest BCUT2D eigenvalue weighted by Gasteiger charge is -2.08. The predicted molar refractivity (Wildman–Crippen MR) is 58.1 cm³/mol. The first-order valence-electron chi connectivity index (χ1n) is 4.53. The van der Waals surface area contributed by atoms with Crippen molar-refractivity contribution in [1.82, 2.24) is 14.9 Å². The van der Waals surface area contributed by atoms with Crippen molar-refractivity contribution in [2.75, 3.05) is 0 Å². The van der Waals surface area contributed by atoms with Crippen LogP contribution < -0.4 is 5.32 Å². The molecule has 1 aromatic heterocycles. The summed E-state index contributed by atoms with van der Waals surface area (Å²) in [5, 5.41) is 2.81. The van der Waals surface area contributed by atoms with Gasteiger partial charge in [-0.2, -0.15) is 0 Å². The summed E-state index contributed by atoms with van der Waals surface area (Å²) in [5.41, 5.74) is 0. The van der Waals surface area contributed by atoms with Gasteiger partial charge in [-0.15, -0.1) is 0 Å². The second-order valence-electron chi connectivity index (χ2n) is 3.05. The Morgan fingerprint density at radius 2 is 2.50 bits per heavy atom. The van der Waals surface area contributed by atoms with Crippen LogP contribution in [0.1, 0.15) is 19.2 Å². The van der Waals surface area contributed by atoms with E-state index >= 15 is 0 Å². The van der Waals surface area contributed by atoms with E-state index in [2.05, 4.69) is 26.2 Å². The first-order chi connectivity index (χ1) is 6.65. The highest BCUT2D eigenvalue weighted by atomic mass is 79.9. The molecule has 1 amide bonds. The van der Waals surface area contributed by atoms with Crippen molar-refractivity contribution in [3.63, 3.8) is 0 Å². The molecule has 14 heavy (non-hydrogen) atoms. The van der Waals surface area contributed by atoms with Crippen molar-refractivity contribution in [2.45, 2.75) is 24.7 Å². The third-order valence-electron chi connectivity index (χ3n) is 1.98. The Morgan fingerprint density at radius 1 is 1.79 bits per heavy atom. The molecule has 0 aromatic carbocycles. The summed E-state index contributed by atoms with van der Waals surface area (Å²) in [5.74, 6) is 0.865. The van der Waals surface area contributed by atoms with Gasteiger partial charge in [-0.25, -0.2) is 4.98 Å². The fraction of sp³-hybridized carbons (Fsp3) is 0.556. The minimum Gasteiger partial charge on any atom is -0.348 e. The average molecular weight is 260 g/mol. The molecule has 0 saturated heterocycles. The molecular weight excluding hydrogens is 246 g/mol. The van der Waals surface area contributed by atoms with E-state index in [9.17, 15) is 4.79 Å². The van der Waals surface area contributed by atoms with Crippen LogP contribution in [0.15, 0.2) is 12.4 Å². The van der Waals surface area contributed by atoms with Gasteiger partial charge in [0.05, 0.1) is 11.4 Å². The van der Waals surface area contributed by atoms with Crippen LogP contribution in [-0.4, -0.2) is 20.3 Å². The number of hydrogen-bond donors (Lipinski definition) is 1. The lowest BCUT2D eigenvalue weighted by atomic mass is 10.3. The monoisotopic (exact) mass is 259 g/mol. The Bertz CT molecular complexity index is 311. The number of carbonyl (C=O) groups is 1. The molecule has 0 aliphatic heterocycles. The number of imidazole rings is 1. The maximum Gasteiger partial charge on any atom is 0.234 e. The van der Waals surface area contributed by atoms with E-state index < -0.39 is 0 Å². The molecule has 1 rings (SSSR count). The summed E-state index contributed by atoms with van der Waals surface area (Å²) >= 11 is 3.29. The minimum atomic E-state index is -0.109. The van der Waals surface area contributed by atoms with Crippen molar-refractivity contribution in [2.24, 2.45) is 7.05 Å². The molecule has 5 heteroatoms. The van der Waals surface area contributed by atoms with Crippen molar-refractivity contribution < 1.29 is 4.79 Å². The normalized spacial score (nSPS) is 12.5. The van der Waals surface area contributed by atoms with Gasteiger partial charge in [-0.3, -0.25) is 4.79 Å². The number of aromatic nitrogens is 2. The Kier molecular flexibility index (Phi) is 4.13. The van der Waals surface area contributed by atoms with Crippen LogP contribution in [0, 0.1) is 0 Å². The molecule has 0 saturated carbocycles. The van der Waals surface area contributed by atoms with Gasteiger partial charge < -0.3 is 9.88 Å². The fourth-order valence-electron chi connectivity index (χ4n) is 1.03. The molecule has 1 N–H and O–H groups in total. The Hall–Kier alpha value is -0.840. The number of carbonyl (C=O) groups excluding carboxylic acids is 1. The van der Waals surface area contributed by atoms with Gasteiger partial charge >= 0.3 is 0 Å². The van der Waals surface area contributed by atoms with E-state index in [0.29, 0.717) is 6.54 Å². The molecule has 1 unspecified atom stereocenters. The minimum absolute atomic E-state index is 0.00972. The van der Waals surface area contributed by atoms with Crippen LogP contribution in [0.2, 0.25) is 0 Å². The molecule has 0 fully saturated rings. The van der Waals surface area contributed by atoms with Gasteiger partial charge in [-0.1, -0.05) is 22.9 Å². The van der Waals surface area contributed by atoms with Crippen LogP contribution in [0.5, 0.6) is 0 Å². The second kappa shape index (κ2) is 5.14. The number of rotatable bonds is 4. The van der Waals surface area contributed by atoms with Crippen LogP contribution >= 0.6 is 15.9 Å². The second-order valence-corrected chi connectivity index (χ2v) is 4.15. The zero-order valence-corrected chi connectivity index (χ0v) is 9.91. The van der Waals surface area contributed by atoms with Crippen molar-refractivity contribution in [1.29, 1.82) is 0 Å². The van der Waals surface area contributed by atoms with E-state index in [1.54, 1.807) is 6.20 Å². The molecular formula is C9H14BrN3O. The number of aryl methyl sites for hydroxylation is 1. The van der Waals surface area contributed by atoms with Crippen molar-refractivity contribution >= 4 is 21.8 Å². The van der Waals surface area contributed by atoms with Crippen LogP contribution in [0.4, 0.5) is 0 Å². The number of hydrogen-bond acceptors (Lipinski definition) is 2. The largest absolute Gasteiger partial charge is 0.348 e. The van der Waals surface area contributed by atoms with E-state index in [0.717, 1.165) is 12.2 Å². The highest BCUT2D eigenvalue weighted by molar-refractivity contribution is 9.10.